The molecule has 5 fully saturated rings. The number of aromatic nitrogens is 1. The molecule has 1 amide bonds. The van der Waals surface area contributed by atoms with Gasteiger partial charge >= 0.3 is 0 Å². The van der Waals surface area contributed by atoms with Crippen LogP contribution in [0.4, 0.5) is 0 Å². The lowest BCUT2D eigenvalue weighted by Crippen LogP contribution is -2.76. The Morgan fingerprint density at radius 2 is 1.94 bits per heavy atom. The van der Waals surface area contributed by atoms with Crippen molar-refractivity contribution in [3.8, 4) is 5.75 Å². The van der Waals surface area contributed by atoms with Gasteiger partial charge in [0.1, 0.15) is 25.1 Å². The van der Waals surface area contributed by atoms with Crippen LogP contribution in [0.25, 0.3) is 0 Å². The molecule has 5 unspecified atom stereocenters. The number of nitrogens with zero attached hydrogens (tertiary/aromatic N) is 2. The van der Waals surface area contributed by atoms with E-state index in [1.165, 1.54) is 31.6 Å². The van der Waals surface area contributed by atoms with E-state index in [2.05, 4.69) is 18.8 Å². The zero-order chi connectivity index (χ0) is 23.9. The van der Waals surface area contributed by atoms with Gasteiger partial charge in [0.2, 0.25) is 0 Å². The minimum atomic E-state index is -0.989. The maximum Gasteiger partial charge on any atom is 0.259 e. The maximum absolute atomic E-state index is 13.4. The maximum atomic E-state index is 13.4. The van der Waals surface area contributed by atoms with Gasteiger partial charge in [0.15, 0.2) is 5.60 Å². The lowest BCUT2D eigenvalue weighted by atomic mass is 9.75. The summed E-state index contributed by atoms with van der Waals surface area (Å²) >= 11 is 0. The predicted molar refractivity (Wildman–Crippen MR) is 131 cm³/mol. The zero-order valence-electron chi connectivity index (χ0n) is 20.9. The smallest absolute Gasteiger partial charge is 0.259 e. The van der Waals surface area contributed by atoms with Crippen LogP contribution in [0.3, 0.4) is 0 Å². The van der Waals surface area contributed by atoms with Crippen LogP contribution in [0.5, 0.6) is 5.75 Å². The van der Waals surface area contributed by atoms with Crippen LogP contribution in [0, 0.1) is 23.7 Å². The van der Waals surface area contributed by atoms with Crippen LogP contribution in [-0.2, 0) is 25.4 Å². The lowest BCUT2D eigenvalue weighted by molar-refractivity contribution is -0.235. The molecule has 5 atom stereocenters. The molecule has 1 aromatic rings. The van der Waals surface area contributed by atoms with Gasteiger partial charge in [-0.3, -0.25) is 9.78 Å². The molecule has 8 heteroatoms. The summed E-state index contributed by atoms with van der Waals surface area (Å²) in [5.74, 6) is 4.23. The molecule has 4 saturated heterocycles. The highest BCUT2D eigenvalue weighted by Crippen LogP contribution is 2.64. The van der Waals surface area contributed by atoms with Crippen LogP contribution in [0.2, 0.25) is 0 Å². The van der Waals surface area contributed by atoms with E-state index in [-0.39, 0.29) is 33.4 Å². The number of β-lactam (4-membered cyclic amide) rings is 1. The molecule has 1 aromatic heterocycles. The molecular weight excluding hydrogens is 451 g/mol. The van der Waals surface area contributed by atoms with Gasteiger partial charge in [0, 0.05) is 44.5 Å². The van der Waals surface area contributed by atoms with Gasteiger partial charge in [-0.05, 0) is 61.8 Å². The Kier molecular flexibility index (Phi) is 7.19. The number of carbonyl (C=O) groups excluding carboxylic acids is 1. The summed E-state index contributed by atoms with van der Waals surface area (Å²) in [6.45, 7) is 4.65. The second kappa shape index (κ2) is 10.0. The molecule has 0 N–H and O–H groups in total. The minimum absolute atomic E-state index is 0.0284. The third-order valence-electron chi connectivity index (χ3n) is 8.11. The average molecular weight is 491 g/mol. The number of hydrogen-bond acceptors (Lipinski definition) is 6. The van der Waals surface area contributed by atoms with Crippen LogP contribution < -0.4 is 4.74 Å². The summed E-state index contributed by atoms with van der Waals surface area (Å²) in [4.78, 5) is 19.7. The molecule has 188 valence electrons. The summed E-state index contributed by atoms with van der Waals surface area (Å²) in [6, 6.07) is 3.91. The second-order valence-corrected chi connectivity index (χ2v) is 13.5. The first kappa shape index (κ1) is 24.4. The molecule has 34 heavy (non-hydrogen) atoms. The standard InChI is InChI=1S/C26H39N2O5P/c1-17(2)7-23-26(32-16-31-4,25(29)28(23)15-30-3)12-21-11-22(5-6-27-21)33-24-20-9-18-8-19(10-20)14-34(24)13-18/h5-6,11,17-20,23-24H,7-10,12-16H2,1-4H3. The summed E-state index contributed by atoms with van der Waals surface area (Å²) in [7, 11) is 3.17. The zero-order valence-corrected chi connectivity index (χ0v) is 21.8. The van der Waals surface area contributed by atoms with Crippen molar-refractivity contribution in [2.75, 3.05) is 40.1 Å². The fourth-order valence-electron chi connectivity index (χ4n) is 6.93. The van der Waals surface area contributed by atoms with Gasteiger partial charge in [-0.2, -0.15) is 0 Å². The Morgan fingerprint density at radius 1 is 1.18 bits per heavy atom. The molecule has 4 aliphatic heterocycles. The van der Waals surface area contributed by atoms with E-state index in [0.29, 0.717) is 18.2 Å². The first-order chi connectivity index (χ1) is 16.4. The van der Waals surface area contributed by atoms with Crippen LogP contribution in [0.1, 0.15) is 45.2 Å². The van der Waals surface area contributed by atoms with Gasteiger partial charge in [-0.15, -0.1) is 0 Å². The van der Waals surface area contributed by atoms with E-state index in [4.69, 9.17) is 18.9 Å². The Bertz CT molecular complexity index is 855. The Morgan fingerprint density at radius 3 is 2.59 bits per heavy atom. The molecule has 1 saturated carbocycles. The molecule has 1 aliphatic carbocycles. The normalized spacial score (nSPS) is 36.3. The van der Waals surface area contributed by atoms with Crippen molar-refractivity contribution in [1.82, 2.24) is 9.88 Å². The van der Waals surface area contributed by atoms with E-state index in [1.54, 1.807) is 19.1 Å². The van der Waals surface area contributed by atoms with Crippen molar-refractivity contribution in [1.29, 1.82) is 0 Å². The molecule has 7 nitrogen and oxygen atoms in total. The number of carbonyl (C=O) groups is 1. The molecule has 6 rings (SSSR count). The average Bonchev–Trinajstić information content (AvgIpc) is 2.81. The summed E-state index contributed by atoms with van der Waals surface area (Å²) in [6.07, 6.45) is 9.95. The Balaban J connectivity index is 1.34. The molecule has 0 aromatic carbocycles. The first-order valence-electron chi connectivity index (χ1n) is 12.7. The lowest BCUT2D eigenvalue weighted by Gasteiger charge is -2.55. The highest BCUT2D eigenvalue weighted by molar-refractivity contribution is 7.58. The van der Waals surface area contributed by atoms with Crippen molar-refractivity contribution < 1.29 is 23.7 Å². The number of likely N-dealkylation sites (tertiary alicyclic amines) is 1. The van der Waals surface area contributed by atoms with E-state index in [1.807, 2.05) is 18.3 Å². The third kappa shape index (κ3) is 4.50. The monoisotopic (exact) mass is 490 g/mol. The molecule has 4 bridgehead atoms. The van der Waals surface area contributed by atoms with Gasteiger partial charge < -0.3 is 23.8 Å². The van der Waals surface area contributed by atoms with Crippen LogP contribution in [-0.4, -0.2) is 73.3 Å². The van der Waals surface area contributed by atoms with Crippen molar-refractivity contribution in [3.05, 3.63) is 24.0 Å². The predicted octanol–water partition coefficient (Wildman–Crippen LogP) is 4.09. The first-order valence-corrected chi connectivity index (χ1v) is 14.5. The Hall–Kier alpha value is -1.27. The fraction of sp³-hybridized carbons (Fsp3) is 0.769. The topological polar surface area (TPSA) is 70.1 Å². The van der Waals surface area contributed by atoms with Gasteiger partial charge in [0.05, 0.1) is 6.04 Å². The van der Waals surface area contributed by atoms with Crippen LogP contribution >= 0.6 is 7.92 Å². The van der Waals surface area contributed by atoms with E-state index in [0.717, 1.165) is 35.6 Å². The molecule has 0 radical (unpaired) electrons. The van der Waals surface area contributed by atoms with E-state index in [9.17, 15) is 4.79 Å². The summed E-state index contributed by atoms with van der Waals surface area (Å²) in [5.41, 5.74) is -0.165. The molecular formula is C26H39N2O5P. The highest BCUT2D eigenvalue weighted by Gasteiger charge is 2.62. The van der Waals surface area contributed by atoms with Gasteiger partial charge in [0.25, 0.3) is 5.91 Å². The number of rotatable bonds is 11. The molecule has 5 aliphatic rings. The minimum Gasteiger partial charge on any atom is -0.486 e. The highest BCUT2D eigenvalue weighted by atomic mass is 31.1. The summed E-state index contributed by atoms with van der Waals surface area (Å²) < 4.78 is 23.3. The van der Waals surface area contributed by atoms with Gasteiger partial charge in [-0.25, -0.2) is 0 Å². The quantitative estimate of drug-likeness (QED) is 0.264. The number of pyridine rings is 1. The van der Waals surface area contributed by atoms with Crippen molar-refractivity contribution >= 4 is 13.8 Å². The van der Waals surface area contributed by atoms with Crippen molar-refractivity contribution in [2.24, 2.45) is 23.7 Å². The fourth-order valence-corrected chi connectivity index (χ4v) is 10.5. The van der Waals surface area contributed by atoms with Gasteiger partial charge in [-0.1, -0.05) is 21.8 Å². The SMILES string of the molecule is COCOC1(Cc2cc(OC3C4CC5CC(C4)CP3C5)ccn2)C(=O)N(COC)C1CC(C)C. The largest absolute Gasteiger partial charge is 0.486 e. The molecule has 0 spiro atoms. The molecule has 5 heterocycles. The van der Waals surface area contributed by atoms with Crippen LogP contribution in [0.15, 0.2) is 18.3 Å². The number of ether oxygens (including phenoxy) is 4. The van der Waals surface area contributed by atoms with Crippen molar-refractivity contribution in [2.45, 2.75) is 63.4 Å². The Labute approximate surface area is 204 Å². The number of amides is 1. The second-order valence-electron chi connectivity index (χ2n) is 11.1. The van der Waals surface area contributed by atoms with E-state index >= 15 is 0 Å². The van der Waals surface area contributed by atoms with E-state index < -0.39 is 5.60 Å². The number of methoxy groups -OCH3 is 2. The summed E-state index contributed by atoms with van der Waals surface area (Å²) in [5, 5.41) is 0. The third-order valence-corrected chi connectivity index (χ3v) is 11.3. The number of hydrogen-bond donors (Lipinski definition) is 0. The van der Waals surface area contributed by atoms with Crippen molar-refractivity contribution in [3.63, 3.8) is 0 Å².